The second-order valence-corrected chi connectivity index (χ2v) is 4.89. The number of methoxy groups -OCH3 is 1. The molecule has 1 fully saturated rings. The van der Waals surface area contributed by atoms with E-state index in [1.54, 1.807) is 7.11 Å². The van der Waals surface area contributed by atoms with Crippen molar-refractivity contribution < 1.29 is 9.53 Å². The minimum atomic E-state index is 0.0738. The summed E-state index contributed by atoms with van der Waals surface area (Å²) in [6, 6.07) is 5.49. The molecule has 0 aliphatic heterocycles. The van der Waals surface area contributed by atoms with Gasteiger partial charge < -0.3 is 15.8 Å². The predicted molar refractivity (Wildman–Crippen MR) is 79.5 cm³/mol. The zero-order valence-electron chi connectivity index (χ0n) is 11.7. The molecule has 0 aromatic heterocycles. The summed E-state index contributed by atoms with van der Waals surface area (Å²) in [6.45, 7) is 0.315. The summed E-state index contributed by atoms with van der Waals surface area (Å²) in [7, 11) is 1.59. The lowest BCUT2D eigenvalue weighted by Crippen LogP contribution is -2.20. The van der Waals surface area contributed by atoms with Crippen molar-refractivity contribution in [2.45, 2.75) is 25.7 Å². The van der Waals surface area contributed by atoms with Crippen LogP contribution in [0.3, 0.4) is 0 Å². The molecule has 4 nitrogen and oxygen atoms in total. The van der Waals surface area contributed by atoms with Crippen molar-refractivity contribution in [1.29, 1.82) is 0 Å². The fraction of sp³-hybridized carbons (Fsp3) is 0.438. The van der Waals surface area contributed by atoms with Gasteiger partial charge in [-0.25, -0.2) is 0 Å². The van der Waals surface area contributed by atoms with Gasteiger partial charge in [0.05, 0.1) is 19.3 Å². The van der Waals surface area contributed by atoms with Gasteiger partial charge >= 0.3 is 0 Å². The van der Waals surface area contributed by atoms with Crippen molar-refractivity contribution in [3.8, 4) is 17.6 Å². The number of nitrogens with one attached hydrogen (secondary N) is 1. The van der Waals surface area contributed by atoms with Crippen LogP contribution in [-0.4, -0.2) is 19.6 Å². The summed E-state index contributed by atoms with van der Waals surface area (Å²) in [5, 5.41) is 2.96. The summed E-state index contributed by atoms with van der Waals surface area (Å²) >= 11 is 0. The Morgan fingerprint density at radius 2 is 2.20 bits per heavy atom. The third-order valence-corrected chi connectivity index (χ3v) is 3.52. The highest BCUT2D eigenvalue weighted by atomic mass is 16.5. The average molecular weight is 272 g/mol. The number of carbonyl (C=O) groups is 1. The second-order valence-electron chi connectivity index (χ2n) is 4.89. The number of carbonyl (C=O) groups excluding carboxylic acids is 1. The van der Waals surface area contributed by atoms with Crippen molar-refractivity contribution in [3.05, 3.63) is 23.8 Å². The maximum atomic E-state index is 12.2. The van der Waals surface area contributed by atoms with Gasteiger partial charge in [0.15, 0.2) is 0 Å². The van der Waals surface area contributed by atoms with E-state index in [0.717, 1.165) is 31.2 Å². The van der Waals surface area contributed by atoms with Crippen molar-refractivity contribution >= 4 is 11.6 Å². The maximum Gasteiger partial charge on any atom is 0.227 e. The number of amides is 1. The molecule has 0 unspecified atom stereocenters. The molecular weight excluding hydrogens is 252 g/mol. The molecule has 1 aromatic rings. The molecule has 0 heterocycles. The molecule has 106 valence electrons. The Morgan fingerprint density at radius 1 is 1.45 bits per heavy atom. The number of hydrogen-bond donors (Lipinski definition) is 2. The Balaban J connectivity index is 2.17. The lowest BCUT2D eigenvalue weighted by Gasteiger charge is -2.13. The quantitative estimate of drug-likeness (QED) is 0.829. The van der Waals surface area contributed by atoms with Crippen LogP contribution in [0.15, 0.2) is 18.2 Å². The van der Waals surface area contributed by atoms with Gasteiger partial charge in [0.1, 0.15) is 5.75 Å². The third kappa shape index (κ3) is 3.52. The number of hydrogen-bond acceptors (Lipinski definition) is 3. The first-order valence-corrected chi connectivity index (χ1v) is 6.92. The largest absolute Gasteiger partial charge is 0.495 e. The van der Waals surface area contributed by atoms with E-state index in [1.165, 1.54) is 0 Å². The van der Waals surface area contributed by atoms with E-state index in [0.29, 0.717) is 18.0 Å². The van der Waals surface area contributed by atoms with Crippen LogP contribution in [0.25, 0.3) is 0 Å². The normalized spacial score (nSPS) is 14.5. The van der Waals surface area contributed by atoms with Crippen molar-refractivity contribution in [2.75, 3.05) is 19.0 Å². The molecule has 2 rings (SSSR count). The Labute approximate surface area is 119 Å². The van der Waals surface area contributed by atoms with Crippen molar-refractivity contribution in [3.63, 3.8) is 0 Å². The van der Waals surface area contributed by atoms with E-state index in [4.69, 9.17) is 10.5 Å². The Kier molecular flexibility index (Phi) is 5.03. The molecule has 3 N–H and O–H groups in total. The highest BCUT2D eigenvalue weighted by Gasteiger charge is 2.23. The van der Waals surface area contributed by atoms with Gasteiger partial charge in [-0.2, -0.15) is 0 Å². The van der Waals surface area contributed by atoms with Gasteiger partial charge in [-0.3, -0.25) is 4.79 Å². The molecule has 0 radical (unpaired) electrons. The SMILES string of the molecule is COc1ccc(C#CCN)cc1NC(=O)C1CCCC1. The molecule has 1 aromatic carbocycles. The van der Waals surface area contributed by atoms with Crippen LogP contribution in [0.5, 0.6) is 5.75 Å². The van der Waals surface area contributed by atoms with Crippen LogP contribution in [0.1, 0.15) is 31.2 Å². The van der Waals surface area contributed by atoms with E-state index >= 15 is 0 Å². The number of rotatable bonds is 3. The number of nitrogens with two attached hydrogens (primary N) is 1. The molecule has 0 bridgehead atoms. The fourth-order valence-electron chi connectivity index (χ4n) is 2.46. The van der Waals surface area contributed by atoms with Gasteiger partial charge in [-0.1, -0.05) is 24.7 Å². The molecule has 4 heteroatoms. The Morgan fingerprint density at radius 3 is 2.85 bits per heavy atom. The summed E-state index contributed by atoms with van der Waals surface area (Å²) in [6.07, 6.45) is 4.22. The zero-order chi connectivity index (χ0) is 14.4. The number of benzene rings is 1. The summed E-state index contributed by atoms with van der Waals surface area (Å²) in [4.78, 5) is 12.2. The van der Waals surface area contributed by atoms with Crippen LogP contribution in [0.2, 0.25) is 0 Å². The standard InChI is InChI=1S/C16H20N2O2/c1-20-15-9-8-12(5-4-10-17)11-14(15)18-16(19)13-6-2-3-7-13/h8-9,11,13H,2-3,6-7,10,17H2,1H3,(H,18,19). The molecule has 1 saturated carbocycles. The summed E-state index contributed by atoms with van der Waals surface area (Å²) in [5.74, 6) is 6.60. The van der Waals surface area contributed by atoms with Gasteiger partial charge in [0.2, 0.25) is 5.91 Å². The van der Waals surface area contributed by atoms with Crippen molar-refractivity contribution in [1.82, 2.24) is 0 Å². The number of anilines is 1. The van der Waals surface area contributed by atoms with Crippen LogP contribution in [0.4, 0.5) is 5.69 Å². The predicted octanol–water partition coefficient (Wildman–Crippen LogP) is 2.13. The first-order chi connectivity index (χ1) is 9.74. The first kappa shape index (κ1) is 14.4. The van der Waals surface area contributed by atoms with Crippen LogP contribution >= 0.6 is 0 Å². The van der Waals surface area contributed by atoms with Crippen LogP contribution < -0.4 is 15.8 Å². The van der Waals surface area contributed by atoms with Crippen molar-refractivity contribution in [2.24, 2.45) is 11.7 Å². The van der Waals surface area contributed by atoms with Gasteiger partial charge in [-0.15, -0.1) is 0 Å². The highest BCUT2D eigenvalue weighted by Crippen LogP contribution is 2.29. The van der Waals surface area contributed by atoms with E-state index in [9.17, 15) is 4.79 Å². The van der Waals surface area contributed by atoms with E-state index in [-0.39, 0.29) is 11.8 Å². The van der Waals surface area contributed by atoms with Gasteiger partial charge in [0.25, 0.3) is 0 Å². The van der Waals surface area contributed by atoms with E-state index in [1.807, 2.05) is 18.2 Å². The lowest BCUT2D eigenvalue weighted by molar-refractivity contribution is -0.119. The molecule has 0 atom stereocenters. The topological polar surface area (TPSA) is 64.3 Å². The Bertz CT molecular complexity index is 537. The van der Waals surface area contributed by atoms with Gasteiger partial charge in [0, 0.05) is 11.5 Å². The van der Waals surface area contributed by atoms with E-state index in [2.05, 4.69) is 17.2 Å². The molecule has 0 saturated heterocycles. The monoisotopic (exact) mass is 272 g/mol. The third-order valence-electron chi connectivity index (χ3n) is 3.52. The minimum Gasteiger partial charge on any atom is -0.495 e. The van der Waals surface area contributed by atoms with Crippen LogP contribution in [0, 0.1) is 17.8 Å². The molecule has 20 heavy (non-hydrogen) atoms. The zero-order valence-corrected chi connectivity index (χ0v) is 11.7. The maximum absolute atomic E-state index is 12.2. The van der Waals surface area contributed by atoms with E-state index < -0.39 is 0 Å². The molecule has 1 aliphatic rings. The van der Waals surface area contributed by atoms with Gasteiger partial charge in [-0.05, 0) is 31.0 Å². The smallest absolute Gasteiger partial charge is 0.227 e. The number of ether oxygens (including phenoxy) is 1. The summed E-state index contributed by atoms with van der Waals surface area (Å²) in [5.41, 5.74) is 6.86. The Hall–Kier alpha value is -1.99. The molecular formula is C16H20N2O2. The van der Waals surface area contributed by atoms with Crippen LogP contribution in [-0.2, 0) is 4.79 Å². The molecule has 1 aliphatic carbocycles. The highest BCUT2D eigenvalue weighted by molar-refractivity contribution is 5.94. The first-order valence-electron chi connectivity index (χ1n) is 6.92. The molecule has 0 spiro atoms. The minimum absolute atomic E-state index is 0.0738. The second kappa shape index (κ2) is 6.97. The average Bonchev–Trinajstić information content (AvgIpc) is 2.99. The molecule has 1 amide bonds. The summed E-state index contributed by atoms with van der Waals surface area (Å²) < 4.78 is 5.28. The lowest BCUT2D eigenvalue weighted by atomic mass is 10.1. The fourth-order valence-corrected chi connectivity index (χ4v) is 2.46.